The van der Waals surface area contributed by atoms with Crippen LogP contribution >= 0.6 is 0 Å². The zero-order chi connectivity index (χ0) is 31.7. The van der Waals surface area contributed by atoms with Crippen molar-refractivity contribution in [2.75, 3.05) is 25.1 Å². The van der Waals surface area contributed by atoms with Gasteiger partial charge in [0.1, 0.15) is 17.1 Å². The summed E-state index contributed by atoms with van der Waals surface area (Å²) in [4.78, 5) is 34.4. The lowest BCUT2D eigenvalue weighted by Gasteiger charge is -2.33. The highest BCUT2D eigenvalue weighted by atomic mass is 16.6. The zero-order valence-corrected chi connectivity index (χ0v) is 26.4. The van der Waals surface area contributed by atoms with Crippen LogP contribution in [-0.4, -0.2) is 57.5 Å². The number of benzene rings is 2. The van der Waals surface area contributed by atoms with Gasteiger partial charge in [0, 0.05) is 30.4 Å². The minimum Gasteiger partial charge on any atom is -0.497 e. The van der Waals surface area contributed by atoms with E-state index in [9.17, 15) is 9.59 Å². The number of likely N-dealkylation sites (tertiary alicyclic amines) is 1. The molecule has 0 spiro atoms. The highest BCUT2D eigenvalue weighted by molar-refractivity contribution is 6.06. The monoisotopic (exact) mass is 609 g/mol. The number of rotatable bonds is 6. The van der Waals surface area contributed by atoms with Crippen molar-refractivity contribution in [3.63, 3.8) is 0 Å². The molecule has 10 heteroatoms. The Morgan fingerprint density at radius 2 is 1.80 bits per heavy atom. The molecule has 2 amide bonds. The fourth-order valence-electron chi connectivity index (χ4n) is 5.76. The van der Waals surface area contributed by atoms with Gasteiger partial charge in [-0.3, -0.25) is 9.48 Å². The van der Waals surface area contributed by atoms with Crippen LogP contribution in [0.1, 0.15) is 68.9 Å². The van der Waals surface area contributed by atoms with E-state index in [0.717, 1.165) is 52.1 Å². The van der Waals surface area contributed by atoms with Crippen LogP contribution in [0.5, 0.6) is 5.75 Å². The lowest BCUT2D eigenvalue weighted by atomic mass is 10.0. The number of aromatic nitrogens is 3. The molecule has 2 aliphatic heterocycles. The number of anilines is 1. The molecule has 10 nitrogen and oxygen atoms in total. The largest absolute Gasteiger partial charge is 0.497 e. The number of nitrogens with zero attached hydrogens (tertiary/aromatic N) is 5. The maximum atomic E-state index is 13.8. The SMILES string of the molecule is COc1ccc(CN2C(=O)CC(c3ncc(C)o3)=Cc3ccc(-c4cnn(C5CCN(C(=O)OC(C)(C)C)CC5)c4)cc32)cc1. The van der Waals surface area contributed by atoms with Gasteiger partial charge < -0.3 is 23.7 Å². The Kier molecular flexibility index (Phi) is 8.22. The molecule has 234 valence electrons. The number of carbonyl (C=O) groups is 2. The first-order valence-corrected chi connectivity index (χ1v) is 15.3. The molecule has 0 radical (unpaired) electrons. The molecule has 0 unspecified atom stereocenters. The van der Waals surface area contributed by atoms with Crippen molar-refractivity contribution in [3.8, 4) is 16.9 Å². The van der Waals surface area contributed by atoms with E-state index in [4.69, 9.17) is 19.0 Å². The number of aryl methyl sites for hydroxylation is 1. The number of methoxy groups -OCH3 is 1. The number of hydrogen-bond acceptors (Lipinski definition) is 7. The van der Waals surface area contributed by atoms with Crippen molar-refractivity contribution in [1.29, 1.82) is 0 Å². The summed E-state index contributed by atoms with van der Waals surface area (Å²) >= 11 is 0. The van der Waals surface area contributed by atoms with Crippen molar-refractivity contribution in [1.82, 2.24) is 19.7 Å². The molecule has 0 bridgehead atoms. The van der Waals surface area contributed by atoms with Crippen molar-refractivity contribution in [2.45, 2.75) is 65.1 Å². The van der Waals surface area contributed by atoms with E-state index >= 15 is 0 Å². The predicted octanol–water partition coefficient (Wildman–Crippen LogP) is 6.90. The van der Waals surface area contributed by atoms with Gasteiger partial charge in [0.2, 0.25) is 11.8 Å². The van der Waals surface area contributed by atoms with Crippen LogP contribution in [0.2, 0.25) is 0 Å². The highest BCUT2D eigenvalue weighted by Gasteiger charge is 2.29. The summed E-state index contributed by atoms with van der Waals surface area (Å²) in [6, 6.07) is 14.1. The van der Waals surface area contributed by atoms with E-state index in [0.29, 0.717) is 31.3 Å². The topological polar surface area (TPSA) is 103 Å². The fraction of sp³-hybridized carbons (Fsp3) is 0.371. The summed E-state index contributed by atoms with van der Waals surface area (Å²) in [6.45, 7) is 9.13. The van der Waals surface area contributed by atoms with Crippen molar-refractivity contribution >= 4 is 29.3 Å². The molecule has 2 aromatic carbocycles. The quantitative estimate of drug-likeness (QED) is 0.234. The van der Waals surface area contributed by atoms with E-state index in [2.05, 4.69) is 23.3 Å². The lowest BCUT2D eigenvalue weighted by molar-refractivity contribution is -0.117. The zero-order valence-electron chi connectivity index (χ0n) is 26.4. The first-order valence-electron chi connectivity index (χ1n) is 15.3. The van der Waals surface area contributed by atoms with Gasteiger partial charge in [-0.25, -0.2) is 9.78 Å². The third kappa shape index (κ3) is 6.79. The average molecular weight is 610 g/mol. The van der Waals surface area contributed by atoms with Gasteiger partial charge in [0.25, 0.3) is 0 Å². The van der Waals surface area contributed by atoms with Gasteiger partial charge in [-0.2, -0.15) is 5.10 Å². The van der Waals surface area contributed by atoms with Crippen LogP contribution < -0.4 is 9.64 Å². The Balaban J connectivity index is 1.27. The van der Waals surface area contributed by atoms with Gasteiger partial charge in [0.05, 0.1) is 44.2 Å². The van der Waals surface area contributed by atoms with E-state index in [1.54, 1.807) is 18.2 Å². The first kappa shape index (κ1) is 30.2. The van der Waals surface area contributed by atoms with E-state index in [1.807, 2.05) is 79.9 Å². The summed E-state index contributed by atoms with van der Waals surface area (Å²) in [7, 11) is 1.64. The first-order chi connectivity index (χ1) is 21.6. The second-order valence-electron chi connectivity index (χ2n) is 12.6. The molecule has 4 aromatic rings. The lowest BCUT2D eigenvalue weighted by Crippen LogP contribution is -2.42. The maximum absolute atomic E-state index is 13.8. The molecule has 2 aromatic heterocycles. The minimum absolute atomic E-state index is 0.0451. The van der Waals surface area contributed by atoms with Gasteiger partial charge in [-0.1, -0.05) is 24.3 Å². The number of hydrogen-bond donors (Lipinski definition) is 0. The Morgan fingerprint density at radius 3 is 2.47 bits per heavy atom. The Labute approximate surface area is 263 Å². The molecule has 1 saturated heterocycles. The third-order valence-corrected chi connectivity index (χ3v) is 8.11. The molecule has 0 aliphatic carbocycles. The van der Waals surface area contributed by atoms with Gasteiger partial charge in [-0.05, 0) is 81.5 Å². The number of piperidine rings is 1. The second-order valence-corrected chi connectivity index (χ2v) is 12.6. The summed E-state index contributed by atoms with van der Waals surface area (Å²) in [6.07, 6.45) is 9.08. The van der Waals surface area contributed by atoms with Gasteiger partial charge in [-0.15, -0.1) is 0 Å². The molecule has 0 saturated carbocycles. The van der Waals surface area contributed by atoms with Crippen LogP contribution in [0.15, 0.2) is 65.5 Å². The molecule has 1 fully saturated rings. The van der Waals surface area contributed by atoms with Gasteiger partial charge >= 0.3 is 6.09 Å². The summed E-state index contributed by atoms with van der Waals surface area (Å²) in [5.74, 6) is 1.87. The number of oxazole rings is 1. The smallest absolute Gasteiger partial charge is 0.410 e. The Bertz CT molecular complexity index is 1720. The average Bonchev–Trinajstić information content (AvgIpc) is 3.66. The molecule has 0 N–H and O–H groups in total. The molecular weight excluding hydrogens is 570 g/mol. The van der Waals surface area contributed by atoms with E-state index in [1.165, 1.54) is 0 Å². The fourth-order valence-corrected chi connectivity index (χ4v) is 5.76. The maximum Gasteiger partial charge on any atom is 0.410 e. The van der Waals surface area contributed by atoms with Crippen molar-refractivity contribution in [2.24, 2.45) is 0 Å². The number of ether oxygens (including phenoxy) is 2. The van der Waals surface area contributed by atoms with Crippen molar-refractivity contribution < 1.29 is 23.5 Å². The second kappa shape index (κ2) is 12.3. The van der Waals surface area contributed by atoms with E-state index in [-0.39, 0.29) is 24.5 Å². The predicted molar refractivity (Wildman–Crippen MR) is 172 cm³/mol. The van der Waals surface area contributed by atoms with Crippen LogP contribution in [0.3, 0.4) is 0 Å². The molecule has 4 heterocycles. The Hall–Kier alpha value is -4.86. The molecule has 2 aliphatic rings. The van der Waals surface area contributed by atoms with Gasteiger partial charge in [0.15, 0.2) is 0 Å². The van der Waals surface area contributed by atoms with E-state index < -0.39 is 5.60 Å². The summed E-state index contributed by atoms with van der Waals surface area (Å²) < 4.78 is 18.7. The van der Waals surface area contributed by atoms with Crippen LogP contribution in [0, 0.1) is 6.92 Å². The highest BCUT2D eigenvalue weighted by Crippen LogP contribution is 2.37. The van der Waals surface area contributed by atoms with Crippen LogP contribution in [0.25, 0.3) is 22.8 Å². The van der Waals surface area contributed by atoms with Crippen molar-refractivity contribution in [3.05, 3.63) is 83.8 Å². The normalized spacial score (nSPS) is 15.8. The molecule has 0 atom stereocenters. The van der Waals surface area contributed by atoms with Crippen LogP contribution in [0.4, 0.5) is 10.5 Å². The molecular formula is C35H39N5O5. The van der Waals surface area contributed by atoms with Crippen LogP contribution in [-0.2, 0) is 16.1 Å². The number of carbonyl (C=O) groups excluding carboxylic acids is 2. The minimum atomic E-state index is -0.514. The summed E-state index contributed by atoms with van der Waals surface area (Å²) in [5.41, 5.74) is 4.85. The molecule has 45 heavy (non-hydrogen) atoms. The standard InChI is InChI=1S/C35H39N5O5/c1-23-19-36-33(44-23)27-16-26-9-8-25(17-31(26)39(32(41)18-27)21-24-6-10-30(43-5)11-7-24)28-20-37-40(22-28)29-12-14-38(15-13-29)34(42)45-35(2,3)4/h6-11,16-17,19-20,22,29H,12-15,18,21H2,1-5H3. The summed E-state index contributed by atoms with van der Waals surface area (Å²) in [5, 5.41) is 4.71. The third-order valence-electron chi connectivity index (χ3n) is 8.11. The Morgan fingerprint density at radius 1 is 1.04 bits per heavy atom. The molecule has 6 rings (SSSR count). The number of fused-ring (bicyclic) bond motifs is 1. The number of amides is 2.